The molecule has 4 heteroatoms. The second-order valence-corrected chi connectivity index (χ2v) is 4.82. The first-order valence-corrected chi connectivity index (χ1v) is 6.10. The molecule has 0 amide bonds. The van der Waals surface area contributed by atoms with Gasteiger partial charge in [-0.05, 0) is 39.8 Å². The van der Waals surface area contributed by atoms with E-state index in [0.29, 0.717) is 18.5 Å². The van der Waals surface area contributed by atoms with E-state index in [2.05, 4.69) is 23.9 Å². The van der Waals surface area contributed by atoms with E-state index in [1.165, 1.54) is 0 Å². The van der Waals surface area contributed by atoms with Crippen LogP contribution in [0.4, 0.5) is 0 Å². The lowest BCUT2D eigenvalue weighted by molar-refractivity contribution is 0.161. The highest BCUT2D eigenvalue weighted by Gasteiger charge is 2.26. The quantitative estimate of drug-likeness (QED) is 0.847. The summed E-state index contributed by atoms with van der Waals surface area (Å²) < 4.78 is 5.34. The molecule has 0 spiro atoms. The van der Waals surface area contributed by atoms with E-state index in [1.807, 2.05) is 0 Å². The SMILES string of the molecule is CC(C)N1CCC(c2oncc2CN)CC1. The largest absolute Gasteiger partial charge is 0.361 e. The first kappa shape index (κ1) is 11.6. The van der Waals surface area contributed by atoms with Crippen LogP contribution in [0.25, 0.3) is 0 Å². The Bertz CT molecular complexity index is 327. The summed E-state index contributed by atoms with van der Waals surface area (Å²) in [6, 6.07) is 0.643. The minimum Gasteiger partial charge on any atom is -0.361 e. The van der Waals surface area contributed by atoms with Crippen molar-refractivity contribution in [1.29, 1.82) is 0 Å². The van der Waals surface area contributed by atoms with Crippen LogP contribution in [0.15, 0.2) is 10.7 Å². The van der Waals surface area contributed by atoms with Crippen LogP contribution in [-0.2, 0) is 6.54 Å². The topological polar surface area (TPSA) is 55.3 Å². The van der Waals surface area contributed by atoms with Crippen LogP contribution in [0.5, 0.6) is 0 Å². The van der Waals surface area contributed by atoms with Gasteiger partial charge in [-0.15, -0.1) is 0 Å². The Labute approximate surface area is 96.8 Å². The fourth-order valence-corrected chi connectivity index (χ4v) is 2.44. The smallest absolute Gasteiger partial charge is 0.144 e. The molecular weight excluding hydrogens is 202 g/mol. The molecule has 0 radical (unpaired) electrons. The normalized spacial score (nSPS) is 19.5. The molecule has 0 atom stereocenters. The predicted molar refractivity (Wildman–Crippen MR) is 63.1 cm³/mol. The van der Waals surface area contributed by atoms with Crippen molar-refractivity contribution in [2.24, 2.45) is 5.73 Å². The Morgan fingerprint density at radius 2 is 2.19 bits per heavy atom. The highest BCUT2D eigenvalue weighted by Crippen LogP contribution is 2.30. The molecule has 2 rings (SSSR count). The number of nitrogens with zero attached hydrogens (tertiary/aromatic N) is 2. The first-order valence-electron chi connectivity index (χ1n) is 6.10. The first-order chi connectivity index (χ1) is 7.72. The van der Waals surface area contributed by atoms with Gasteiger partial charge < -0.3 is 15.2 Å². The summed E-state index contributed by atoms with van der Waals surface area (Å²) in [5.74, 6) is 1.53. The Kier molecular flexibility index (Phi) is 3.61. The molecule has 2 N–H and O–H groups in total. The van der Waals surface area contributed by atoms with Gasteiger partial charge in [-0.2, -0.15) is 0 Å². The standard InChI is InChI=1S/C12H21N3O/c1-9(2)15-5-3-10(4-6-15)12-11(7-13)8-14-16-12/h8-10H,3-7,13H2,1-2H3. The number of hydrogen-bond acceptors (Lipinski definition) is 4. The van der Waals surface area contributed by atoms with Gasteiger partial charge in [-0.25, -0.2) is 0 Å². The van der Waals surface area contributed by atoms with Crippen molar-refractivity contribution in [3.8, 4) is 0 Å². The lowest BCUT2D eigenvalue weighted by Crippen LogP contribution is -2.37. The van der Waals surface area contributed by atoms with Crippen molar-refractivity contribution in [3.63, 3.8) is 0 Å². The molecule has 1 fully saturated rings. The third kappa shape index (κ3) is 2.28. The second kappa shape index (κ2) is 4.97. The molecule has 16 heavy (non-hydrogen) atoms. The number of hydrogen-bond donors (Lipinski definition) is 1. The molecule has 1 aliphatic heterocycles. The average Bonchev–Trinajstić information content (AvgIpc) is 2.77. The lowest BCUT2D eigenvalue weighted by atomic mass is 9.91. The van der Waals surface area contributed by atoms with Crippen LogP contribution in [-0.4, -0.2) is 29.2 Å². The maximum atomic E-state index is 5.67. The van der Waals surface area contributed by atoms with Gasteiger partial charge in [0.15, 0.2) is 0 Å². The molecule has 0 bridgehead atoms. The highest BCUT2D eigenvalue weighted by molar-refractivity contribution is 5.18. The van der Waals surface area contributed by atoms with Gasteiger partial charge in [-0.1, -0.05) is 5.16 Å². The molecule has 90 valence electrons. The Hall–Kier alpha value is -0.870. The molecule has 0 unspecified atom stereocenters. The summed E-state index contributed by atoms with van der Waals surface area (Å²) >= 11 is 0. The maximum absolute atomic E-state index is 5.67. The number of rotatable bonds is 3. The minimum absolute atomic E-state index is 0.510. The van der Waals surface area contributed by atoms with Gasteiger partial charge in [0.05, 0.1) is 6.20 Å². The molecular formula is C12H21N3O. The molecule has 2 heterocycles. The van der Waals surface area contributed by atoms with E-state index >= 15 is 0 Å². The summed E-state index contributed by atoms with van der Waals surface area (Å²) in [7, 11) is 0. The van der Waals surface area contributed by atoms with E-state index in [-0.39, 0.29) is 0 Å². The third-order valence-corrected chi connectivity index (χ3v) is 3.53. The Morgan fingerprint density at radius 3 is 2.75 bits per heavy atom. The van der Waals surface area contributed by atoms with Gasteiger partial charge in [0.25, 0.3) is 0 Å². The van der Waals surface area contributed by atoms with Crippen molar-refractivity contribution in [1.82, 2.24) is 10.1 Å². The number of piperidine rings is 1. The van der Waals surface area contributed by atoms with Gasteiger partial charge >= 0.3 is 0 Å². The molecule has 0 aromatic carbocycles. The van der Waals surface area contributed by atoms with E-state index in [0.717, 1.165) is 37.3 Å². The van der Waals surface area contributed by atoms with E-state index in [9.17, 15) is 0 Å². The highest BCUT2D eigenvalue weighted by atomic mass is 16.5. The maximum Gasteiger partial charge on any atom is 0.144 e. The van der Waals surface area contributed by atoms with Crippen molar-refractivity contribution < 1.29 is 4.52 Å². The molecule has 0 saturated carbocycles. The fourth-order valence-electron chi connectivity index (χ4n) is 2.44. The lowest BCUT2D eigenvalue weighted by Gasteiger charge is -2.33. The fraction of sp³-hybridized carbons (Fsp3) is 0.750. The molecule has 1 aliphatic rings. The third-order valence-electron chi connectivity index (χ3n) is 3.53. The van der Waals surface area contributed by atoms with E-state index in [4.69, 9.17) is 10.3 Å². The molecule has 0 aliphatic carbocycles. The van der Waals surface area contributed by atoms with Crippen LogP contribution in [0.2, 0.25) is 0 Å². The van der Waals surface area contributed by atoms with Gasteiger partial charge in [0, 0.05) is 24.1 Å². The molecule has 1 saturated heterocycles. The van der Waals surface area contributed by atoms with E-state index < -0.39 is 0 Å². The zero-order chi connectivity index (χ0) is 11.5. The summed E-state index contributed by atoms with van der Waals surface area (Å²) in [6.07, 6.45) is 4.06. The van der Waals surface area contributed by atoms with Gasteiger partial charge in [0.1, 0.15) is 5.76 Å². The minimum atomic E-state index is 0.510. The zero-order valence-electron chi connectivity index (χ0n) is 10.1. The summed E-state index contributed by atoms with van der Waals surface area (Å²) in [5, 5.41) is 3.85. The Morgan fingerprint density at radius 1 is 1.50 bits per heavy atom. The number of aromatic nitrogens is 1. The average molecular weight is 223 g/mol. The van der Waals surface area contributed by atoms with Crippen molar-refractivity contribution in [2.75, 3.05) is 13.1 Å². The summed E-state index contributed by atoms with van der Waals surface area (Å²) in [5.41, 5.74) is 6.74. The number of likely N-dealkylation sites (tertiary alicyclic amines) is 1. The van der Waals surface area contributed by atoms with Crippen molar-refractivity contribution in [3.05, 3.63) is 17.5 Å². The van der Waals surface area contributed by atoms with E-state index in [1.54, 1.807) is 6.20 Å². The summed E-state index contributed by atoms with van der Waals surface area (Å²) in [6.45, 7) is 7.32. The predicted octanol–water partition coefficient (Wildman–Crippen LogP) is 1.72. The zero-order valence-corrected chi connectivity index (χ0v) is 10.1. The van der Waals surface area contributed by atoms with Crippen LogP contribution < -0.4 is 5.73 Å². The van der Waals surface area contributed by atoms with Crippen LogP contribution in [0, 0.1) is 0 Å². The number of nitrogens with two attached hydrogens (primary N) is 1. The monoisotopic (exact) mass is 223 g/mol. The van der Waals surface area contributed by atoms with Gasteiger partial charge in [-0.3, -0.25) is 0 Å². The second-order valence-electron chi connectivity index (χ2n) is 4.82. The molecule has 1 aromatic heterocycles. The van der Waals surface area contributed by atoms with Crippen molar-refractivity contribution in [2.45, 2.75) is 45.2 Å². The van der Waals surface area contributed by atoms with Crippen LogP contribution in [0.1, 0.15) is 43.9 Å². The van der Waals surface area contributed by atoms with Crippen molar-refractivity contribution >= 4 is 0 Å². The Balaban J connectivity index is 1.99. The van der Waals surface area contributed by atoms with Crippen LogP contribution >= 0.6 is 0 Å². The summed E-state index contributed by atoms with van der Waals surface area (Å²) in [4.78, 5) is 2.51. The molecule has 1 aromatic rings. The van der Waals surface area contributed by atoms with Gasteiger partial charge in [0.2, 0.25) is 0 Å². The molecule has 4 nitrogen and oxygen atoms in total. The van der Waals surface area contributed by atoms with Crippen LogP contribution in [0.3, 0.4) is 0 Å².